The molecule has 0 aliphatic heterocycles. The number of hydrogen-bond donors (Lipinski definition) is 1. The highest BCUT2D eigenvalue weighted by molar-refractivity contribution is 7.99. The summed E-state index contributed by atoms with van der Waals surface area (Å²) in [5.74, 6) is 1.07. The molecule has 5 heteroatoms. The smallest absolute Gasteiger partial charge is 0.190 e. The van der Waals surface area contributed by atoms with Crippen LogP contribution in [0.4, 0.5) is 0 Å². The van der Waals surface area contributed by atoms with Crippen molar-refractivity contribution >= 4 is 11.8 Å². The van der Waals surface area contributed by atoms with E-state index in [1.165, 1.54) is 19.3 Å². The first-order valence-electron chi connectivity index (χ1n) is 5.98. The first-order chi connectivity index (χ1) is 7.77. The van der Waals surface area contributed by atoms with E-state index in [-0.39, 0.29) is 0 Å². The molecule has 16 heavy (non-hydrogen) atoms. The van der Waals surface area contributed by atoms with Gasteiger partial charge in [-0.2, -0.15) is 0 Å². The Morgan fingerprint density at radius 2 is 2.25 bits per heavy atom. The summed E-state index contributed by atoms with van der Waals surface area (Å²) >= 11 is 1.78. The second-order valence-electron chi connectivity index (χ2n) is 3.98. The molecule has 0 saturated heterocycles. The van der Waals surface area contributed by atoms with Crippen molar-refractivity contribution in [3.8, 4) is 0 Å². The van der Waals surface area contributed by atoms with Crippen LogP contribution in [0.15, 0.2) is 11.5 Å². The molecule has 1 aromatic heterocycles. The minimum absolute atomic E-state index is 0.589. The zero-order valence-corrected chi connectivity index (χ0v) is 11.3. The van der Waals surface area contributed by atoms with E-state index in [2.05, 4.69) is 29.4 Å². The predicted molar refractivity (Wildman–Crippen MR) is 68.7 cm³/mol. The van der Waals surface area contributed by atoms with Gasteiger partial charge in [0.25, 0.3) is 0 Å². The van der Waals surface area contributed by atoms with Gasteiger partial charge in [-0.15, -0.1) is 10.2 Å². The van der Waals surface area contributed by atoms with E-state index < -0.39 is 0 Å². The molecule has 0 spiro atoms. The van der Waals surface area contributed by atoms with Crippen LogP contribution in [0.1, 0.15) is 33.1 Å². The fourth-order valence-electron chi connectivity index (χ4n) is 1.52. The van der Waals surface area contributed by atoms with Crippen molar-refractivity contribution in [2.45, 2.75) is 44.3 Å². The summed E-state index contributed by atoms with van der Waals surface area (Å²) in [4.78, 5) is 0. The van der Waals surface area contributed by atoms with Crippen LogP contribution < -0.4 is 5.32 Å². The summed E-state index contributed by atoms with van der Waals surface area (Å²) in [7, 11) is 1.98. The first kappa shape index (κ1) is 13.5. The lowest BCUT2D eigenvalue weighted by molar-refractivity contribution is 0.514. The number of rotatable bonds is 8. The average Bonchev–Trinajstić information content (AvgIpc) is 2.68. The molecule has 1 heterocycles. The van der Waals surface area contributed by atoms with E-state index in [1.54, 1.807) is 18.1 Å². The van der Waals surface area contributed by atoms with Gasteiger partial charge in [0.2, 0.25) is 0 Å². The van der Waals surface area contributed by atoms with Gasteiger partial charge in [0.1, 0.15) is 6.33 Å². The zero-order valence-electron chi connectivity index (χ0n) is 10.4. The Morgan fingerprint density at radius 3 is 2.81 bits per heavy atom. The molecule has 4 nitrogen and oxygen atoms in total. The molecule has 0 bridgehead atoms. The quantitative estimate of drug-likeness (QED) is 0.709. The lowest BCUT2D eigenvalue weighted by Crippen LogP contribution is -2.31. The van der Waals surface area contributed by atoms with Gasteiger partial charge in [-0.3, -0.25) is 0 Å². The SMILES string of the molecule is CCCNC(CCC)CSc1nncn1C. The average molecular weight is 242 g/mol. The maximum absolute atomic E-state index is 4.08. The minimum Gasteiger partial charge on any atom is -0.313 e. The van der Waals surface area contributed by atoms with Crippen LogP contribution in [0, 0.1) is 0 Å². The molecule has 1 rings (SSSR count). The summed E-state index contributed by atoms with van der Waals surface area (Å²) in [6, 6.07) is 0.589. The Bertz CT molecular complexity index is 287. The van der Waals surface area contributed by atoms with Gasteiger partial charge in [0, 0.05) is 18.8 Å². The van der Waals surface area contributed by atoms with Crippen molar-refractivity contribution in [3.63, 3.8) is 0 Å². The van der Waals surface area contributed by atoms with Crippen LogP contribution >= 0.6 is 11.8 Å². The van der Waals surface area contributed by atoms with E-state index >= 15 is 0 Å². The fraction of sp³-hybridized carbons (Fsp3) is 0.818. The van der Waals surface area contributed by atoms with Crippen LogP contribution in [0.5, 0.6) is 0 Å². The predicted octanol–water partition coefficient (Wildman–Crippen LogP) is 2.08. The van der Waals surface area contributed by atoms with E-state index in [9.17, 15) is 0 Å². The Labute approximate surface area is 102 Å². The monoisotopic (exact) mass is 242 g/mol. The number of nitrogens with one attached hydrogen (secondary N) is 1. The summed E-state index contributed by atoms with van der Waals surface area (Å²) in [6.45, 7) is 5.53. The molecule has 1 N–H and O–H groups in total. The Balaban J connectivity index is 2.34. The maximum Gasteiger partial charge on any atom is 0.190 e. The second-order valence-corrected chi connectivity index (χ2v) is 4.96. The molecule has 0 radical (unpaired) electrons. The van der Waals surface area contributed by atoms with Gasteiger partial charge < -0.3 is 9.88 Å². The van der Waals surface area contributed by atoms with Crippen LogP contribution in [0.3, 0.4) is 0 Å². The normalized spacial score (nSPS) is 12.9. The summed E-state index contributed by atoms with van der Waals surface area (Å²) < 4.78 is 1.97. The molecule has 1 aromatic rings. The van der Waals surface area contributed by atoms with Gasteiger partial charge in [-0.05, 0) is 19.4 Å². The molecular weight excluding hydrogens is 220 g/mol. The number of nitrogens with zero attached hydrogens (tertiary/aromatic N) is 3. The van der Waals surface area contributed by atoms with Gasteiger partial charge in [0.05, 0.1) is 0 Å². The second kappa shape index (κ2) is 7.68. The van der Waals surface area contributed by atoms with E-state index in [0.29, 0.717) is 6.04 Å². The third kappa shape index (κ3) is 4.53. The molecule has 1 unspecified atom stereocenters. The number of hydrogen-bond acceptors (Lipinski definition) is 4. The van der Waals surface area contributed by atoms with Crippen LogP contribution in [0.25, 0.3) is 0 Å². The Hall–Kier alpha value is -0.550. The van der Waals surface area contributed by atoms with E-state index in [1.807, 2.05) is 11.6 Å². The van der Waals surface area contributed by atoms with Crippen LogP contribution in [-0.2, 0) is 7.05 Å². The zero-order chi connectivity index (χ0) is 11.8. The van der Waals surface area contributed by atoms with Gasteiger partial charge in [0.15, 0.2) is 5.16 Å². The van der Waals surface area contributed by atoms with Crippen molar-refractivity contribution < 1.29 is 0 Å². The third-order valence-corrected chi connectivity index (χ3v) is 3.60. The van der Waals surface area contributed by atoms with Crippen LogP contribution in [-0.4, -0.2) is 33.1 Å². The fourth-order valence-corrected chi connectivity index (χ4v) is 2.51. The summed E-state index contributed by atoms with van der Waals surface area (Å²) in [5.41, 5.74) is 0. The van der Waals surface area contributed by atoms with Crippen molar-refractivity contribution in [1.29, 1.82) is 0 Å². The Kier molecular flexibility index (Phi) is 6.49. The van der Waals surface area contributed by atoms with Crippen molar-refractivity contribution in [1.82, 2.24) is 20.1 Å². The summed E-state index contributed by atoms with van der Waals surface area (Å²) in [5, 5.41) is 12.5. The molecule has 0 aliphatic rings. The molecule has 92 valence electrons. The highest BCUT2D eigenvalue weighted by Gasteiger charge is 2.09. The highest BCUT2D eigenvalue weighted by Crippen LogP contribution is 2.16. The molecule has 0 fully saturated rings. The van der Waals surface area contributed by atoms with Crippen molar-refractivity contribution in [3.05, 3.63) is 6.33 Å². The maximum atomic E-state index is 4.08. The van der Waals surface area contributed by atoms with Gasteiger partial charge in [-0.25, -0.2) is 0 Å². The van der Waals surface area contributed by atoms with E-state index in [4.69, 9.17) is 0 Å². The topological polar surface area (TPSA) is 42.7 Å². The molecule has 0 amide bonds. The molecule has 0 aromatic carbocycles. The van der Waals surface area contributed by atoms with Crippen LogP contribution in [0.2, 0.25) is 0 Å². The number of aryl methyl sites for hydroxylation is 1. The highest BCUT2D eigenvalue weighted by atomic mass is 32.2. The van der Waals surface area contributed by atoms with Gasteiger partial charge >= 0.3 is 0 Å². The molecule has 0 aliphatic carbocycles. The molecule has 1 atom stereocenters. The van der Waals surface area contributed by atoms with Crippen molar-refractivity contribution in [2.75, 3.05) is 12.3 Å². The lowest BCUT2D eigenvalue weighted by Gasteiger charge is -2.16. The number of thioether (sulfide) groups is 1. The lowest BCUT2D eigenvalue weighted by atomic mass is 10.2. The first-order valence-corrected chi connectivity index (χ1v) is 6.96. The van der Waals surface area contributed by atoms with E-state index in [0.717, 1.165) is 17.5 Å². The summed E-state index contributed by atoms with van der Waals surface area (Å²) in [6.07, 6.45) is 5.39. The minimum atomic E-state index is 0.589. The largest absolute Gasteiger partial charge is 0.313 e. The number of aromatic nitrogens is 3. The van der Waals surface area contributed by atoms with Gasteiger partial charge in [-0.1, -0.05) is 32.0 Å². The van der Waals surface area contributed by atoms with Crippen molar-refractivity contribution in [2.24, 2.45) is 7.05 Å². The standard InChI is InChI=1S/C11H22N4S/c1-4-6-10(12-7-5-2)8-16-11-14-13-9-15(11)3/h9-10,12H,4-8H2,1-3H3. The third-order valence-electron chi connectivity index (χ3n) is 2.40. The molecular formula is C11H22N4S. The molecule has 0 saturated carbocycles. The Morgan fingerprint density at radius 1 is 1.44 bits per heavy atom.